The van der Waals surface area contributed by atoms with Crippen LogP contribution >= 0.6 is 12.6 Å². The summed E-state index contributed by atoms with van der Waals surface area (Å²) < 4.78 is 0. The summed E-state index contributed by atoms with van der Waals surface area (Å²) in [7, 11) is 0. The van der Waals surface area contributed by atoms with E-state index in [1.54, 1.807) is 0 Å². The molecule has 0 aliphatic heterocycles. The maximum atomic E-state index is 8.86. The van der Waals surface area contributed by atoms with E-state index in [4.69, 9.17) is 9.90 Å². The largest absolute Gasteiger partial charge is 1.00 e. The van der Waals surface area contributed by atoms with Gasteiger partial charge >= 0.3 is 34.9 Å². The molecule has 0 aliphatic carbocycles. The van der Waals surface area contributed by atoms with Crippen molar-refractivity contribution in [3.63, 3.8) is 0 Å². The molecule has 0 aromatic rings. The molecular formula is C4H9NaO2S. The third kappa shape index (κ3) is 344. The summed E-state index contributed by atoms with van der Waals surface area (Å²) in [5, 5.41) is 6.14. The Bertz CT molecular complexity index is 45.3. The first-order chi connectivity index (χ1) is 3.15. The van der Waals surface area contributed by atoms with Crippen LogP contribution in [-0.4, -0.2) is 10.4 Å². The van der Waals surface area contributed by atoms with Gasteiger partial charge in [-0.1, -0.05) is 12.6 Å². The molecule has 0 aliphatic rings. The molecule has 0 atom stereocenters. The van der Waals surface area contributed by atoms with E-state index in [0.29, 0.717) is 0 Å². The number of thiol groups is 1. The molecule has 0 aromatic heterocycles. The summed E-state index contributed by atoms with van der Waals surface area (Å²) in [5.41, 5.74) is 0. The summed E-state index contributed by atoms with van der Waals surface area (Å²) in [6.07, 6.45) is 2.00. The summed E-state index contributed by atoms with van der Waals surface area (Å²) in [6.45, 7) is 4.00. The Morgan fingerprint density at radius 3 is 1.62 bits per heavy atom. The van der Waals surface area contributed by atoms with Crippen LogP contribution in [-0.2, 0) is 0 Å². The van der Waals surface area contributed by atoms with Crippen LogP contribution in [0.3, 0.4) is 0 Å². The molecule has 4 heteroatoms. The second-order valence-electron chi connectivity index (χ2n) is 0.860. The van der Waals surface area contributed by atoms with Crippen molar-refractivity contribution in [2.75, 3.05) is 0 Å². The fourth-order valence-electron chi connectivity index (χ4n) is 0. The molecule has 0 rings (SSSR count). The van der Waals surface area contributed by atoms with Crippen LogP contribution in [0.2, 0.25) is 0 Å². The van der Waals surface area contributed by atoms with Gasteiger partial charge in [-0.2, -0.15) is 13.8 Å². The molecule has 0 bridgehead atoms. The topological polar surface area (TPSA) is 37.3 Å². The molecule has 0 unspecified atom stereocenters. The molecule has 0 amide bonds. The van der Waals surface area contributed by atoms with Gasteiger partial charge in [0, 0.05) is 0 Å². The van der Waals surface area contributed by atoms with Gasteiger partial charge in [-0.05, 0) is 0 Å². The van der Waals surface area contributed by atoms with E-state index >= 15 is 0 Å². The fourth-order valence-corrected chi connectivity index (χ4v) is 0. The standard InChI is InChI=1S/C3H7.CH2O2S.Na/c1-3-2;2-1(3)4;/h3H,1-2H3;4H,(H,2,3);/q-1;;+1. The minimum atomic E-state index is -1.14. The zero-order chi connectivity index (χ0) is 6.28. The number of rotatable bonds is 0. The van der Waals surface area contributed by atoms with Gasteiger partial charge in [0.1, 0.15) is 0 Å². The van der Waals surface area contributed by atoms with Crippen LogP contribution in [0, 0.1) is 6.42 Å². The first kappa shape index (κ1) is 15.9. The van der Waals surface area contributed by atoms with E-state index in [1.165, 1.54) is 0 Å². The van der Waals surface area contributed by atoms with E-state index in [-0.39, 0.29) is 29.6 Å². The Morgan fingerprint density at radius 1 is 1.62 bits per heavy atom. The van der Waals surface area contributed by atoms with Crippen molar-refractivity contribution >= 4 is 17.9 Å². The van der Waals surface area contributed by atoms with Gasteiger partial charge in [0.05, 0.1) is 0 Å². The molecule has 0 fully saturated rings. The predicted molar refractivity (Wildman–Crippen MR) is 32.7 cm³/mol. The van der Waals surface area contributed by atoms with Crippen LogP contribution in [0.1, 0.15) is 13.8 Å². The van der Waals surface area contributed by atoms with Gasteiger partial charge < -0.3 is 11.5 Å². The normalized spacial score (nSPS) is 5.38. The van der Waals surface area contributed by atoms with Crippen molar-refractivity contribution in [1.82, 2.24) is 0 Å². The fraction of sp³-hybridized carbons (Fsp3) is 0.500. The maximum absolute atomic E-state index is 8.86. The van der Waals surface area contributed by atoms with Crippen molar-refractivity contribution in [1.29, 1.82) is 0 Å². The van der Waals surface area contributed by atoms with Crippen LogP contribution in [0.5, 0.6) is 0 Å². The molecule has 0 saturated carbocycles. The van der Waals surface area contributed by atoms with E-state index in [2.05, 4.69) is 12.6 Å². The molecule has 0 radical (unpaired) electrons. The van der Waals surface area contributed by atoms with E-state index < -0.39 is 5.30 Å². The first-order valence-corrected chi connectivity index (χ1v) is 2.25. The van der Waals surface area contributed by atoms with Crippen LogP contribution in [0.25, 0.3) is 0 Å². The summed E-state index contributed by atoms with van der Waals surface area (Å²) in [5.74, 6) is 0. The second-order valence-corrected chi connectivity index (χ2v) is 1.24. The Hall–Kier alpha value is 0.820. The van der Waals surface area contributed by atoms with E-state index in [0.717, 1.165) is 0 Å². The number of hydrogen-bond donors (Lipinski definition) is 2. The second kappa shape index (κ2) is 15.7. The number of hydrogen-bond acceptors (Lipinski definition) is 1. The SMILES string of the molecule is C[CH-]C.O=C(O)S.[Na+]. The molecule has 0 heterocycles. The Morgan fingerprint density at radius 2 is 1.62 bits per heavy atom. The Balaban J connectivity index is -0.0000000575. The van der Waals surface area contributed by atoms with Crippen molar-refractivity contribution in [3.05, 3.63) is 6.42 Å². The van der Waals surface area contributed by atoms with Crippen molar-refractivity contribution in [2.45, 2.75) is 13.8 Å². The monoisotopic (exact) mass is 144 g/mol. The van der Waals surface area contributed by atoms with Crippen molar-refractivity contribution in [2.24, 2.45) is 0 Å². The average molecular weight is 144 g/mol. The first-order valence-electron chi connectivity index (χ1n) is 1.81. The molecule has 0 saturated heterocycles. The van der Waals surface area contributed by atoms with E-state index in [1.807, 2.05) is 20.3 Å². The minimum Gasteiger partial charge on any atom is -0.473 e. The van der Waals surface area contributed by atoms with Crippen molar-refractivity contribution < 1.29 is 39.5 Å². The quantitative estimate of drug-likeness (QED) is 0.255. The molecule has 0 aromatic carbocycles. The molecule has 1 N–H and O–H groups in total. The van der Waals surface area contributed by atoms with Crippen LogP contribution < -0.4 is 29.6 Å². The third-order valence-corrected chi connectivity index (χ3v) is 0. The van der Waals surface area contributed by atoms with Gasteiger partial charge in [0.15, 0.2) is 0 Å². The molecule has 44 valence electrons. The van der Waals surface area contributed by atoms with Crippen LogP contribution in [0.15, 0.2) is 0 Å². The number of carboxylic acid groups (broad SMARTS) is 1. The predicted octanol–water partition coefficient (Wildman–Crippen LogP) is -1.17. The molecule has 2 nitrogen and oxygen atoms in total. The minimum absolute atomic E-state index is 0. The smallest absolute Gasteiger partial charge is 0.473 e. The molecular weight excluding hydrogens is 135 g/mol. The average Bonchev–Trinajstić information content (AvgIpc) is 1.33. The zero-order valence-corrected chi connectivity index (χ0v) is 8.27. The van der Waals surface area contributed by atoms with Gasteiger partial charge in [-0.15, -0.1) is 0 Å². The van der Waals surface area contributed by atoms with Crippen molar-refractivity contribution in [3.8, 4) is 0 Å². The summed E-state index contributed by atoms with van der Waals surface area (Å²) >= 11 is 2.88. The van der Waals surface area contributed by atoms with Crippen LogP contribution in [0.4, 0.5) is 4.79 Å². The summed E-state index contributed by atoms with van der Waals surface area (Å²) in [4.78, 5) is 8.86. The Kier molecular flexibility index (Phi) is 31.2. The third-order valence-electron chi connectivity index (χ3n) is 0. The van der Waals surface area contributed by atoms with Gasteiger partial charge in [0.25, 0.3) is 0 Å². The molecule has 0 spiro atoms. The van der Waals surface area contributed by atoms with Gasteiger partial charge in [0.2, 0.25) is 0 Å². The maximum Gasteiger partial charge on any atom is 1.00 e. The van der Waals surface area contributed by atoms with Gasteiger partial charge in [-0.3, -0.25) is 0 Å². The Labute approximate surface area is 77.4 Å². The summed E-state index contributed by atoms with van der Waals surface area (Å²) in [6, 6.07) is 0. The zero-order valence-electron chi connectivity index (χ0n) is 5.38. The van der Waals surface area contributed by atoms with E-state index in [9.17, 15) is 0 Å². The number of carbonyl (C=O) groups is 1. The molecule has 8 heavy (non-hydrogen) atoms. The van der Waals surface area contributed by atoms with Gasteiger partial charge in [-0.25, -0.2) is 4.79 Å².